The van der Waals surface area contributed by atoms with E-state index in [1.54, 1.807) is 0 Å². The highest BCUT2D eigenvalue weighted by Crippen LogP contribution is 2.38. The second-order valence-electron chi connectivity index (χ2n) is 4.96. The molecule has 0 N–H and O–H groups in total. The van der Waals surface area contributed by atoms with E-state index in [-0.39, 0.29) is 0 Å². The monoisotopic (exact) mass is 187 g/mol. The first kappa shape index (κ1) is 8.46. The standard InChI is InChI=1S/C13H17N/c1-8-3-5-10-7-11-6-4-9(2)13(11)14-12(8)10/h7-9H,3-6H2,1-2H3. The summed E-state index contributed by atoms with van der Waals surface area (Å²) in [6, 6.07) is 2.44. The van der Waals surface area contributed by atoms with Crippen LogP contribution in [0.25, 0.3) is 0 Å². The van der Waals surface area contributed by atoms with E-state index in [9.17, 15) is 0 Å². The number of aryl methyl sites for hydroxylation is 2. The third kappa shape index (κ3) is 1.05. The van der Waals surface area contributed by atoms with Crippen LogP contribution in [-0.2, 0) is 12.8 Å². The lowest BCUT2D eigenvalue weighted by Gasteiger charge is -2.09. The molecule has 0 saturated heterocycles. The fourth-order valence-corrected chi connectivity index (χ4v) is 2.90. The molecule has 1 heteroatoms. The van der Waals surface area contributed by atoms with Gasteiger partial charge in [0.2, 0.25) is 0 Å². The number of pyridine rings is 1. The van der Waals surface area contributed by atoms with Crippen molar-refractivity contribution in [3.8, 4) is 0 Å². The lowest BCUT2D eigenvalue weighted by molar-refractivity contribution is 0.702. The highest BCUT2D eigenvalue weighted by molar-refractivity contribution is 5.39. The third-order valence-electron chi connectivity index (χ3n) is 3.87. The second-order valence-corrected chi connectivity index (χ2v) is 4.96. The first-order valence-corrected chi connectivity index (χ1v) is 5.78. The molecule has 0 saturated carbocycles. The van der Waals surface area contributed by atoms with Gasteiger partial charge in [-0.25, -0.2) is 0 Å². The third-order valence-corrected chi connectivity index (χ3v) is 3.87. The van der Waals surface area contributed by atoms with Gasteiger partial charge in [0.15, 0.2) is 0 Å². The molecule has 0 aromatic carbocycles. The van der Waals surface area contributed by atoms with E-state index in [1.807, 2.05) is 0 Å². The summed E-state index contributed by atoms with van der Waals surface area (Å²) in [5, 5.41) is 0. The summed E-state index contributed by atoms with van der Waals surface area (Å²) < 4.78 is 0. The molecule has 2 atom stereocenters. The van der Waals surface area contributed by atoms with E-state index in [1.165, 1.54) is 48.2 Å². The van der Waals surface area contributed by atoms with Crippen LogP contribution in [0, 0.1) is 0 Å². The van der Waals surface area contributed by atoms with Crippen LogP contribution in [0.4, 0.5) is 0 Å². The van der Waals surface area contributed by atoms with Crippen molar-refractivity contribution in [2.24, 2.45) is 0 Å². The van der Waals surface area contributed by atoms with Crippen LogP contribution in [0.5, 0.6) is 0 Å². The van der Waals surface area contributed by atoms with Crippen LogP contribution in [0.2, 0.25) is 0 Å². The van der Waals surface area contributed by atoms with E-state index < -0.39 is 0 Å². The van der Waals surface area contributed by atoms with Gasteiger partial charge in [0, 0.05) is 11.4 Å². The molecule has 2 unspecified atom stereocenters. The maximum absolute atomic E-state index is 4.90. The highest BCUT2D eigenvalue weighted by Gasteiger charge is 2.26. The van der Waals surface area contributed by atoms with Gasteiger partial charge >= 0.3 is 0 Å². The minimum Gasteiger partial charge on any atom is -0.257 e. The first-order valence-electron chi connectivity index (χ1n) is 5.78. The Balaban J connectivity index is 2.15. The molecule has 2 aliphatic carbocycles. The number of hydrogen-bond donors (Lipinski definition) is 0. The fraction of sp³-hybridized carbons (Fsp3) is 0.615. The topological polar surface area (TPSA) is 12.9 Å². The molecular formula is C13H17N. The van der Waals surface area contributed by atoms with E-state index in [0.29, 0.717) is 11.8 Å². The molecule has 3 rings (SSSR count). The zero-order valence-electron chi connectivity index (χ0n) is 9.01. The first-order chi connectivity index (χ1) is 6.75. The maximum atomic E-state index is 4.90. The van der Waals surface area contributed by atoms with Crippen molar-refractivity contribution in [1.29, 1.82) is 0 Å². The molecule has 1 aromatic rings. The molecule has 1 heterocycles. The molecule has 74 valence electrons. The van der Waals surface area contributed by atoms with E-state index in [0.717, 1.165) is 0 Å². The molecule has 0 radical (unpaired) electrons. The van der Waals surface area contributed by atoms with Gasteiger partial charge in [-0.15, -0.1) is 0 Å². The van der Waals surface area contributed by atoms with E-state index >= 15 is 0 Å². The summed E-state index contributed by atoms with van der Waals surface area (Å²) in [6.07, 6.45) is 5.12. The molecule has 0 spiro atoms. The SMILES string of the molecule is CC1CCc2cc3c(nc21)C(C)CC3. The van der Waals surface area contributed by atoms with Crippen LogP contribution in [0.3, 0.4) is 0 Å². The Hall–Kier alpha value is -0.850. The van der Waals surface area contributed by atoms with Crippen molar-refractivity contribution in [3.63, 3.8) is 0 Å². The average Bonchev–Trinajstić information content (AvgIpc) is 2.71. The van der Waals surface area contributed by atoms with E-state index in [4.69, 9.17) is 4.98 Å². The summed E-state index contributed by atoms with van der Waals surface area (Å²) in [5.41, 5.74) is 5.87. The Morgan fingerprint density at radius 2 is 1.50 bits per heavy atom. The Kier molecular flexibility index (Phi) is 1.70. The van der Waals surface area contributed by atoms with Gasteiger partial charge in [-0.3, -0.25) is 4.98 Å². The lowest BCUT2D eigenvalue weighted by Crippen LogP contribution is -1.99. The summed E-state index contributed by atoms with van der Waals surface area (Å²) in [7, 11) is 0. The molecule has 1 nitrogen and oxygen atoms in total. The van der Waals surface area contributed by atoms with Crippen molar-refractivity contribution in [2.75, 3.05) is 0 Å². The summed E-state index contributed by atoms with van der Waals surface area (Å²) in [4.78, 5) is 4.90. The summed E-state index contributed by atoms with van der Waals surface area (Å²) >= 11 is 0. The Labute approximate surface area is 85.6 Å². The van der Waals surface area contributed by atoms with Crippen LogP contribution in [-0.4, -0.2) is 4.98 Å². The number of aromatic nitrogens is 1. The predicted octanol–water partition coefficient (Wildman–Crippen LogP) is 3.18. The molecule has 1 aromatic heterocycles. The minimum atomic E-state index is 0.697. The number of hydrogen-bond acceptors (Lipinski definition) is 1. The van der Waals surface area contributed by atoms with Crippen LogP contribution in [0.15, 0.2) is 6.07 Å². The van der Waals surface area contributed by atoms with Crippen molar-refractivity contribution in [1.82, 2.24) is 4.98 Å². The highest BCUT2D eigenvalue weighted by atomic mass is 14.8. The minimum absolute atomic E-state index is 0.697. The normalized spacial score (nSPS) is 29.0. The quantitative estimate of drug-likeness (QED) is 0.608. The molecule has 14 heavy (non-hydrogen) atoms. The largest absolute Gasteiger partial charge is 0.257 e. The smallest absolute Gasteiger partial charge is 0.0467 e. The van der Waals surface area contributed by atoms with Gasteiger partial charge in [0.1, 0.15) is 0 Å². The van der Waals surface area contributed by atoms with Gasteiger partial charge in [-0.2, -0.15) is 0 Å². The van der Waals surface area contributed by atoms with Crippen molar-refractivity contribution in [2.45, 2.75) is 51.4 Å². The fourth-order valence-electron chi connectivity index (χ4n) is 2.90. The van der Waals surface area contributed by atoms with Gasteiger partial charge in [0.25, 0.3) is 0 Å². The predicted molar refractivity (Wildman–Crippen MR) is 57.7 cm³/mol. The van der Waals surface area contributed by atoms with Gasteiger partial charge < -0.3 is 0 Å². The second kappa shape index (κ2) is 2.82. The van der Waals surface area contributed by atoms with Crippen molar-refractivity contribution in [3.05, 3.63) is 28.6 Å². The molecule has 0 amide bonds. The molecule has 0 fully saturated rings. The van der Waals surface area contributed by atoms with Gasteiger partial charge in [0.05, 0.1) is 0 Å². The molecule has 0 bridgehead atoms. The van der Waals surface area contributed by atoms with E-state index in [2.05, 4.69) is 19.9 Å². The zero-order chi connectivity index (χ0) is 9.71. The van der Waals surface area contributed by atoms with Gasteiger partial charge in [-0.05, 0) is 48.6 Å². The van der Waals surface area contributed by atoms with Crippen molar-refractivity contribution >= 4 is 0 Å². The Morgan fingerprint density at radius 1 is 1.00 bits per heavy atom. The van der Waals surface area contributed by atoms with Crippen LogP contribution < -0.4 is 0 Å². The molecule has 0 aliphatic heterocycles. The summed E-state index contributed by atoms with van der Waals surface area (Å²) in [6.45, 7) is 4.62. The average molecular weight is 187 g/mol. The number of rotatable bonds is 0. The molecule has 2 aliphatic rings. The Bertz CT molecular complexity index is 348. The summed E-state index contributed by atoms with van der Waals surface area (Å²) in [5.74, 6) is 1.39. The molecular weight excluding hydrogens is 170 g/mol. The lowest BCUT2D eigenvalue weighted by atomic mass is 10.1. The zero-order valence-corrected chi connectivity index (χ0v) is 9.01. The van der Waals surface area contributed by atoms with Crippen LogP contribution >= 0.6 is 0 Å². The van der Waals surface area contributed by atoms with Gasteiger partial charge in [-0.1, -0.05) is 19.9 Å². The van der Waals surface area contributed by atoms with Crippen LogP contribution in [0.1, 0.15) is 61.0 Å². The Morgan fingerprint density at radius 3 is 2.00 bits per heavy atom. The number of nitrogens with zero attached hydrogens (tertiary/aromatic N) is 1. The number of fused-ring (bicyclic) bond motifs is 2. The van der Waals surface area contributed by atoms with Crippen molar-refractivity contribution < 1.29 is 0 Å². The maximum Gasteiger partial charge on any atom is 0.0467 e.